The summed E-state index contributed by atoms with van der Waals surface area (Å²) in [5.74, 6) is -0.464. The van der Waals surface area contributed by atoms with Gasteiger partial charge in [-0.2, -0.15) is 0 Å². The molecule has 2 aromatic rings. The van der Waals surface area contributed by atoms with Crippen molar-refractivity contribution in [2.45, 2.75) is 13.0 Å². The molecule has 0 bridgehead atoms. The largest absolute Gasteiger partial charge is 0.472 e. The van der Waals surface area contributed by atoms with E-state index in [0.29, 0.717) is 17.8 Å². The minimum absolute atomic E-state index is 0.0322. The van der Waals surface area contributed by atoms with E-state index in [1.807, 2.05) is 0 Å². The number of esters is 1. The topological polar surface area (TPSA) is 72.6 Å². The van der Waals surface area contributed by atoms with Gasteiger partial charge in [0.1, 0.15) is 0 Å². The zero-order valence-electron chi connectivity index (χ0n) is 11.9. The van der Waals surface area contributed by atoms with E-state index >= 15 is 0 Å². The number of nitrogens with zero attached hydrogens (tertiary/aromatic N) is 2. The monoisotopic (exact) mass is 288 g/mol. The molecule has 1 amide bonds. The van der Waals surface area contributed by atoms with E-state index in [9.17, 15) is 9.59 Å². The molecular formula is C15H16N2O4. The molecule has 0 unspecified atom stereocenters. The predicted molar refractivity (Wildman–Crippen MR) is 74.5 cm³/mol. The molecule has 6 heteroatoms. The zero-order valence-corrected chi connectivity index (χ0v) is 11.9. The highest BCUT2D eigenvalue weighted by Gasteiger charge is 2.12. The van der Waals surface area contributed by atoms with Gasteiger partial charge < -0.3 is 14.1 Å². The molecule has 0 saturated carbocycles. The first-order chi connectivity index (χ1) is 10.1. The Morgan fingerprint density at radius 2 is 2.14 bits per heavy atom. The van der Waals surface area contributed by atoms with Crippen molar-refractivity contribution >= 4 is 11.9 Å². The fourth-order valence-electron chi connectivity index (χ4n) is 1.79. The summed E-state index contributed by atoms with van der Waals surface area (Å²) < 4.78 is 9.53. The van der Waals surface area contributed by atoms with Crippen molar-refractivity contribution in [1.29, 1.82) is 0 Å². The number of hydrogen-bond donors (Lipinski definition) is 0. The molecule has 0 atom stereocenters. The summed E-state index contributed by atoms with van der Waals surface area (Å²) in [6, 6.07) is 5.09. The van der Waals surface area contributed by atoms with Gasteiger partial charge in [-0.15, -0.1) is 0 Å². The number of rotatable bonds is 5. The Kier molecular flexibility index (Phi) is 4.71. The molecule has 2 rings (SSSR count). The lowest BCUT2D eigenvalue weighted by atomic mass is 10.2. The molecule has 0 saturated heterocycles. The van der Waals surface area contributed by atoms with Crippen LogP contribution in [0.15, 0.2) is 41.3 Å². The lowest BCUT2D eigenvalue weighted by Crippen LogP contribution is -2.28. The number of pyridine rings is 1. The van der Waals surface area contributed by atoms with E-state index < -0.39 is 5.97 Å². The number of ether oxygens (including phenoxy) is 1. The molecule has 0 aliphatic rings. The Bertz CT molecular complexity index is 605. The van der Waals surface area contributed by atoms with Crippen molar-refractivity contribution in [3.05, 3.63) is 53.7 Å². The number of likely N-dealkylation sites (N-methyl/N-ethyl adjacent to an activating group) is 1. The molecule has 6 nitrogen and oxygen atoms in total. The Hall–Kier alpha value is -2.63. The SMILES string of the molecule is COC(=O)c1ccc(CN(C)C(=O)Cc2ccoc2)nc1. The molecule has 2 heterocycles. The van der Waals surface area contributed by atoms with Crippen LogP contribution in [0.4, 0.5) is 0 Å². The van der Waals surface area contributed by atoms with E-state index in [1.54, 1.807) is 36.4 Å². The van der Waals surface area contributed by atoms with Crippen molar-refractivity contribution in [1.82, 2.24) is 9.88 Å². The summed E-state index contributed by atoms with van der Waals surface area (Å²) in [5.41, 5.74) is 1.92. The molecule has 0 fully saturated rings. The van der Waals surface area contributed by atoms with E-state index in [1.165, 1.54) is 19.6 Å². The summed E-state index contributed by atoms with van der Waals surface area (Å²) >= 11 is 0. The summed E-state index contributed by atoms with van der Waals surface area (Å²) in [5, 5.41) is 0. The first kappa shape index (κ1) is 14.8. The second kappa shape index (κ2) is 6.69. The van der Waals surface area contributed by atoms with E-state index in [2.05, 4.69) is 9.72 Å². The fourth-order valence-corrected chi connectivity index (χ4v) is 1.79. The van der Waals surface area contributed by atoms with E-state index in [0.717, 1.165) is 5.56 Å². The normalized spacial score (nSPS) is 10.2. The van der Waals surface area contributed by atoms with Gasteiger partial charge in [0, 0.05) is 13.2 Å². The van der Waals surface area contributed by atoms with Crippen LogP contribution in [0.1, 0.15) is 21.6 Å². The van der Waals surface area contributed by atoms with Crippen molar-refractivity contribution in [2.24, 2.45) is 0 Å². The van der Waals surface area contributed by atoms with E-state index in [-0.39, 0.29) is 12.3 Å². The summed E-state index contributed by atoms with van der Waals surface area (Å²) in [6.45, 7) is 0.373. The highest BCUT2D eigenvalue weighted by molar-refractivity contribution is 5.88. The molecule has 0 aromatic carbocycles. The molecule has 0 aliphatic heterocycles. The Balaban J connectivity index is 1.94. The van der Waals surface area contributed by atoms with Crippen molar-refractivity contribution in [3.8, 4) is 0 Å². The van der Waals surface area contributed by atoms with Gasteiger partial charge in [0.15, 0.2) is 0 Å². The smallest absolute Gasteiger partial charge is 0.339 e. The molecule has 110 valence electrons. The minimum atomic E-state index is -0.432. The average Bonchev–Trinajstić information content (AvgIpc) is 3.00. The zero-order chi connectivity index (χ0) is 15.2. The summed E-state index contributed by atoms with van der Waals surface area (Å²) in [6.07, 6.45) is 4.81. The first-order valence-corrected chi connectivity index (χ1v) is 6.38. The maximum atomic E-state index is 12.0. The van der Waals surface area contributed by atoms with Gasteiger partial charge >= 0.3 is 5.97 Å². The summed E-state index contributed by atoms with van der Waals surface area (Å²) in [7, 11) is 3.02. The maximum Gasteiger partial charge on any atom is 0.339 e. The molecule has 21 heavy (non-hydrogen) atoms. The van der Waals surface area contributed by atoms with Crippen molar-refractivity contribution in [3.63, 3.8) is 0 Å². The fraction of sp³-hybridized carbons (Fsp3) is 0.267. The van der Waals surface area contributed by atoms with Crippen LogP contribution < -0.4 is 0 Å². The third kappa shape index (κ3) is 3.92. The number of amides is 1. The van der Waals surface area contributed by atoms with Crippen LogP contribution >= 0.6 is 0 Å². The lowest BCUT2D eigenvalue weighted by molar-refractivity contribution is -0.129. The Labute approximate surface area is 122 Å². The van der Waals surface area contributed by atoms with Gasteiger partial charge in [-0.1, -0.05) is 0 Å². The lowest BCUT2D eigenvalue weighted by Gasteiger charge is -2.16. The third-order valence-electron chi connectivity index (χ3n) is 3.01. The van der Waals surface area contributed by atoms with Gasteiger partial charge in [-0.05, 0) is 23.8 Å². The minimum Gasteiger partial charge on any atom is -0.472 e. The van der Waals surface area contributed by atoms with Crippen LogP contribution in [0.25, 0.3) is 0 Å². The van der Waals surface area contributed by atoms with Crippen LogP contribution in [0.5, 0.6) is 0 Å². The average molecular weight is 288 g/mol. The quantitative estimate of drug-likeness (QED) is 0.782. The van der Waals surface area contributed by atoms with Crippen LogP contribution in [-0.2, 0) is 22.5 Å². The highest BCUT2D eigenvalue weighted by atomic mass is 16.5. The predicted octanol–water partition coefficient (Wildman–Crippen LogP) is 1.66. The maximum absolute atomic E-state index is 12.0. The van der Waals surface area contributed by atoms with Crippen molar-refractivity contribution < 1.29 is 18.7 Å². The van der Waals surface area contributed by atoms with Crippen LogP contribution in [-0.4, -0.2) is 35.9 Å². The second-order valence-electron chi connectivity index (χ2n) is 4.59. The number of furan rings is 1. The number of carbonyl (C=O) groups is 2. The number of aromatic nitrogens is 1. The van der Waals surface area contributed by atoms with Crippen LogP contribution in [0, 0.1) is 0 Å². The van der Waals surface area contributed by atoms with Crippen molar-refractivity contribution in [2.75, 3.05) is 14.2 Å². The second-order valence-corrected chi connectivity index (χ2v) is 4.59. The van der Waals surface area contributed by atoms with Gasteiger partial charge in [-0.3, -0.25) is 9.78 Å². The van der Waals surface area contributed by atoms with Crippen LogP contribution in [0.3, 0.4) is 0 Å². The van der Waals surface area contributed by atoms with Crippen LogP contribution in [0.2, 0.25) is 0 Å². The molecular weight excluding hydrogens is 272 g/mol. The molecule has 2 aromatic heterocycles. The first-order valence-electron chi connectivity index (χ1n) is 6.38. The number of methoxy groups -OCH3 is 1. The standard InChI is InChI=1S/C15H16N2O4/c1-17(14(18)7-11-5-6-21-10-11)9-13-4-3-12(8-16-13)15(19)20-2/h3-6,8,10H,7,9H2,1-2H3. The molecule has 0 aliphatic carbocycles. The highest BCUT2D eigenvalue weighted by Crippen LogP contribution is 2.07. The number of carbonyl (C=O) groups excluding carboxylic acids is 2. The molecule has 0 spiro atoms. The Morgan fingerprint density at radius 3 is 2.71 bits per heavy atom. The van der Waals surface area contributed by atoms with Gasteiger partial charge in [0.25, 0.3) is 0 Å². The molecule has 0 radical (unpaired) electrons. The summed E-state index contributed by atoms with van der Waals surface area (Å²) in [4.78, 5) is 29.0. The number of hydrogen-bond acceptors (Lipinski definition) is 5. The third-order valence-corrected chi connectivity index (χ3v) is 3.01. The van der Waals surface area contributed by atoms with E-state index in [4.69, 9.17) is 4.42 Å². The molecule has 0 N–H and O–H groups in total. The van der Waals surface area contributed by atoms with Gasteiger partial charge in [0.05, 0.1) is 43.9 Å². The Morgan fingerprint density at radius 1 is 1.33 bits per heavy atom. The van der Waals surface area contributed by atoms with Gasteiger partial charge in [0.2, 0.25) is 5.91 Å². The van der Waals surface area contributed by atoms with Gasteiger partial charge in [-0.25, -0.2) is 4.79 Å².